The molecule has 2 aromatic rings. The van der Waals surface area contributed by atoms with Gasteiger partial charge in [-0.2, -0.15) is 0 Å². The molecule has 2 aliphatic rings. The first-order valence-electron chi connectivity index (χ1n) is 8.41. The van der Waals surface area contributed by atoms with Crippen molar-refractivity contribution < 1.29 is 13.9 Å². The predicted molar refractivity (Wildman–Crippen MR) is 92.7 cm³/mol. The molecule has 1 fully saturated rings. The number of imidazole rings is 1. The highest BCUT2D eigenvalue weighted by atomic mass is 79.9. The van der Waals surface area contributed by atoms with Gasteiger partial charge in [0.15, 0.2) is 11.6 Å². The van der Waals surface area contributed by atoms with E-state index in [0.717, 1.165) is 34.7 Å². The van der Waals surface area contributed by atoms with Crippen LogP contribution in [0.2, 0.25) is 0 Å². The third-order valence-corrected chi connectivity index (χ3v) is 5.20. The molecule has 0 N–H and O–H groups in total. The number of rotatable bonds is 4. The molecule has 4 rings (SSSR count). The Morgan fingerprint density at radius 3 is 3.04 bits per heavy atom. The molecule has 1 saturated carbocycles. The second kappa shape index (κ2) is 6.48. The first kappa shape index (κ1) is 16.1. The monoisotopic (exact) mass is 394 g/mol. The topological polar surface area (TPSA) is 36.3 Å². The lowest BCUT2D eigenvalue weighted by Crippen LogP contribution is -2.15. The van der Waals surface area contributed by atoms with Gasteiger partial charge in [0.25, 0.3) is 0 Å². The van der Waals surface area contributed by atoms with Gasteiger partial charge >= 0.3 is 0 Å². The molecule has 0 radical (unpaired) electrons. The van der Waals surface area contributed by atoms with Crippen molar-refractivity contribution in [1.82, 2.24) is 9.55 Å². The van der Waals surface area contributed by atoms with Gasteiger partial charge in [-0.25, -0.2) is 9.37 Å². The van der Waals surface area contributed by atoms with Crippen LogP contribution in [0.15, 0.2) is 22.8 Å². The minimum atomic E-state index is -0.321. The molecule has 0 saturated heterocycles. The number of hydrogen-bond donors (Lipinski definition) is 0. The van der Waals surface area contributed by atoms with Gasteiger partial charge in [-0.3, -0.25) is 0 Å². The lowest BCUT2D eigenvalue weighted by molar-refractivity contribution is 0.0666. The summed E-state index contributed by atoms with van der Waals surface area (Å²) in [6.45, 7) is 4.07. The molecule has 0 amide bonds. The van der Waals surface area contributed by atoms with Gasteiger partial charge in [-0.15, -0.1) is 0 Å². The Hall–Kier alpha value is -1.40. The zero-order valence-corrected chi connectivity index (χ0v) is 15.2. The molecule has 0 spiro atoms. The van der Waals surface area contributed by atoms with Crippen LogP contribution in [0.3, 0.4) is 0 Å². The van der Waals surface area contributed by atoms with Gasteiger partial charge < -0.3 is 14.0 Å². The van der Waals surface area contributed by atoms with Crippen molar-refractivity contribution in [3.05, 3.63) is 34.3 Å². The van der Waals surface area contributed by atoms with Crippen LogP contribution in [-0.2, 0) is 17.7 Å². The minimum absolute atomic E-state index is 0.122. The maximum atomic E-state index is 14.0. The van der Waals surface area contributed by atoms with Gasteiger partial charge in [0.05, 0.1) is 31.6 Å². The van der Waals surface area contributed by atoms with Crippen LogP contribution in [-0.4, -0.2) is 28.9 Å². The smallest absolute Gasteiger partial charge is 0.165 e. The van der Waals surface area contributed by atoms with Crippen molar-refractivity contribution in [3.63, 3.8) is 0 Å². The number of nitrogens with zero attached hydrogens (tertiary/aromatic N) is 2. The third kappa shape index (κ3) is 3.22. The molecule has 128 valence electrons. The van der Waals surface area contributed by atoms with E-state index in [1.54, 1.807) is 12.1 Å². The van der Waals surface area contributed by atoms with E-state index in [-0.39, 0.29) is 11.9 Å². The van der Waals surface area contributed by atoms with Gasteiger partial charge in [-0.1, -0.05) is 0 Å². The Balaban J connectivity index is 1.69. The van der Waals surface area contributed by atoms with E-state index >= 15 is 0 Å². The summed E-state index contributed by atoms with van der Waals surface area (Å²) in [5.41, 5.74) is 1.99. The van der Waals surface area contributed by atoms with Crippen LogP contribution in [0.5, 0.6) is 5.75 Å². The number of halogens is 2. The van der Waals surface area contributed by atoms with E-state index in [9.17, 15) is 4.39 Å². The zero-order valence-electron chi connectivity index (χ0n) is 13.6. The summed E-state index contributed by atoms with van der Waals surface area (Å²) in [5, 5.41) is 0. The summed E-state index contributed by atoms with van der Waals surface area (Å²) in [4.78, 5) is 4.66. The van der Waals surface area contributed by atoms with Crippen molar-refractivity contribution in [2.24, 2.45) is 5.92 Å². The van der Waals surface area contributed by atoms with E-state index in [1.165, 1.54) is 18.9 Å². The Labute approximate surface area is 149 Å². The minimum Gasteiger partial charge on any atom is -0.490 e. The van der Waals surface area contributed by atoms with E-state index < -0.39 is 0 Å². The zero-order chi connectivity index (χ0) is 16.7. The van der Waals surface area contributed by atoms with E-state index in [2.05, 4.69) is 32.4 Å². The Morgan fingerprint density at radius 1 is 1.42 bits per heavy atom. The van der Waals surface area contributed by atoms with Crippen LogP contribution in [0.4, 0.5) is 4.39 Å². The Kier molecular flexibility index (Phi) is 4.35. The molecule has 1 aliphatic carbocycles. The lowest BCUT2D eigenvalue weighted by Gasteiger charge is -2.14. The lowest BCUT2D eigenvalue weighted by atomic mass is 10.2. The molecule has 1 aromatic carbocycles. The van der Waals surface area contributed by atoms with Crippen LogP contribution < -0.4 is 4.74 Å². The van der Waals surface area contributed by atoms with Crippen molar-refractivity contribution in [2.75, 3.05) is 13.2 Å². The predicted octanol–water partition coefficient (Wildman–Crippen LogP) is 4.20. The quantitative estimate of drug-likeness (QED) is 0.779. The highest BCUT2D eigenvalue weighted by Crippen LogP contribution is 2.33. The summed E-state index contributed by atoms with van der Waals surface area (Å²) < 4.78 is 28.5. The standard InChI is InChI=1S/C18H20BrFN2O2/c1-11-9-22-15(6-7-23-11)17(19)21-18(22)13-4-5-14(20)16(8-13)24-10-12-2-3-12/h4-5,8,11-12H,2-3,6-7,9-10H2,1H3. The fraction of sp³-hybridized carbons (Fsp3) is 0.500. The van der Waals surface area contributed by atoms with Crippen LogP contribution in [0.1, 0.15) is 25.5 Å². The average molecular weight is 395 g/mol. The molecular formula is C18H20BrFN2O2. The van der Waals surface area contributed by atoms with Gasteiger partial charge in [0.2, 0.25) is 0 Å². The molecule has 24 heavy (non-hydrogen) atoms. The summed E-state index contributed by atoms with van der Waals surface area (Å²) in [6.07, 6.45) is 3.29. The van der Waals surface area contributed by atoms with Crippen molar-refractivity contribution in [3.8, 4) is 17.1 Å². The first-order chi connectivity index (χ1) is 11.6. The maximum absolute atomic E-state index is 14.0. The number of aromatic nitrogens is 2. The van der Waals surface area contributed by atoms with E-state index in [0.29, 0.717) is 24.9 Å². The largest absolute Gasteiger partial charge is 0.490 e. The van der Waals surface area contributed by atoms with Gasteiger partial charge in [0, 0.05) is 12.0 Å². The average Bonchev–Trinajstić information content (AvgIpc) is 3.35. The van der Waals surface area contributed by atoms with Crippen LogP contribution in [0.25, 0.3) is 11.4 Å². The highest BCUT2D eigenvalue weighted by Gasteiger charge is 2.24. The van der Waals surface area contributed by atoms with E-state index in [1.807, 2.05) is 0 Å². The number of benzene rings is 1. The summed E-state index contributed by atoms with van der Waals surface area (Å²) in [7, 11) is 0. The molecule has 0 bridgehead atoms. The second-order valence-electron chi connectivity index (χ2n) is 6.61. The van der Waals surface area contributed by atoms with Crippen molar-refractivity contribution in [2.45, 2.75) is 38.8 Å². The fourth-order valence-electron chi connectivity index (χ4n) is 3.02. The molecule has 1 atom stereocenters. The molecule has 6 heteroatoms. The molecule has 4 nitrogen and oxygen atoms in total. The third-order valence-electron chi connectivity index (χ3n) is 4.57. The van der Waals surface area contributed by atoms with Crippen LogP contribution in [0, 0.1) is 11.7 Å². The molecule has 1 aliphatic heterocycles. The van der Waals surface area contributed by atoms with Gasteiger partial charge in [-0.05, 0) is 59.8 Å². The Morgan fingerprint density at radius 2 is 2.25 bits per heavy atom. The van der Waals surface area contributed by atoms with Gasteiger partial charge in [0.1, 0.15) is 10.4 Å². The number of fused-ring (bicyclic) bond motifs is 1. The SMILES string of the molecule is CC1Cn2c(-c3ccc(F)c(OCC4CC4)c3)nc(Br)c2CCO1. The highest BCUT2D eigenvalue weighted by molar-refractivity contribution is 9.10. The second-order valence-corrected chi connectivity index (χ2v) is 7.37. The van der Waals surface area contributed by atoms with E-state index in [4.69, 9.17) is 9.47 Å². The fourth-order valence-corrected chi connectivity index (χ4v) is 3.60. The summed E-state index contributed by atoms with van der Waals surface area (Å²) in [5.74, 6) is 1.40. The molecule has 1 aromatic heterocycles. The van der Waals surface area contributed by atoms with Crippen LogP contribution >= 0.6 is 15.9 Å². The summed E-state index contributed by atoms with van der Waals surface area (Å²) in [6, 6.07) is 4.98. The first-order valence-corrected chi connectivity index (χ1v) is 9.20. The van der Waals surface area contributed by atoms with Crippen molar-refractivity contribution >= 4 is 15.9 Å². The maximum Gasteiger partial charge on any atom is 0.165 e. The molecule has 1 unspecified atom stereocenters. The normalized spacial score (nSPS) is 20.5. The van der Waals surface area contributed by atoms with Crippen molar-refractivity contribution in [1.29, 1.82) is 0 Å². The number of hydrogen-bond acceptors (Lipinski definition) is 3. The molecule has 2 heterocycles. The number of ether oxygens (including phenoxy) is 2. The summed E-state index contributed by atoms with van der Waals surface area (Å²) >= 11 is 3.55. The Bertz CT molecular complexity index is 758. The molecular weight excluding hydrogens is 375 g/mol.